The van der Waals surface area contributed by atoms with Gasteiger partial charge in [-0.3, -0.25) is 0 Å². The molecule has 3 rings (SSSR count). The van der Waals surface area contributed by atoms with Crippen LogP contribution in [0.3, 0.4) is 0 Å². The average molecular weight is 372 g/mol. The van der Waals surface area contributed by atoms with Gasteiger partial charge in [0.2, 0.25) is 0 Å². The van der Waals surface area contributed by atoms with Crippen LogP contribution in [-0.2, 0) is 6.18 Å². The Hall–Kier alpha value is -3.11. The van der Waals surface area contributed by atoms with Gasteiger partial charge in [0.1, 0.15) is 22.4 Å². The Morgan fingerprint density at radius 1 is 1.04 bits per heavy atom. The summed E-state index contributed by atoms with van der Waals surface area (Å²) in [5, 5.41) is 21.9. The first-order valence-electron chi connectivity index (χ1n) is 7.43. The lowest BCUT2D eigenvalue weighted by Crippen LogP contribution is -2.09. The zero-order valence-electron chi connectivity index (χ0n) is 13.2. The van der Waals surface area contributed by atoms with Gasteiger partial charge in [0, 0.05) is 16.5 Å². The van der Waals surface area contributed by atoms with Gasteiger partial charge in [-0.05, 0) is 6.07 Å². The molecule has 1 aromatic heterocycles. The zero-order chi connectivity index (χ0) is 18.7. The molecule has 3 nitrogen and oxygen atoms in total. The van der Waals surface area contributed by atoms with Gasteiger partial charge in [0.15, 0.2) is 0 Å². The third kappa shape index (κ3) is 3.46. The third-order valence-electron chi connectivity index (χ3n) is 3.62. The van der Waals surface area contributed by atoms with Crippen molar-refractivity contribution >= 4 is 22.7 Å². The number of nitrogens with zero attached hydrogens (tertiary/aromatic N) is 2. The van der Waals surface area contributed by atoms with Crippen molar-refractivity contribution in [2.24, 2.45) is 0 Å². The predicted octanol–water partition coefficient (Wildman–Crippen LogP) is 5.78. The second-order valence-corrected chi connectivity index (χ2v) is 6.14. The molecule has 0 aliphatic rings. The number of thiazole rings is 1. The summed E-state index contributed by atoms with van der Waals surface area (Å²) < 4.78 is 39.5. The normalized spacial score (nSPS) is 12.4. The van der Waals surface area contributed by atoms with Gasteiger partial charge in [-0.25, -0.2) is 4.98 Å². The Balaban J connectivity index is 2.10. The molecule has 0 saturated carbocycles. The van der Waals surface area contributed by atoms with E-state index in [4.69, 9.17) is 0 Å². The molecule has 0 saturated heterocycles. The van der Waals surface area contributed by atoms with E-state index < -0.39 is 23.1 Å². The molecule has 130 valence electrons. The van der Waals surface area contributed by atoms with Crippen LogP contribution in [0.15, 0.2) is 60.0 Å². The van der Waals surface area contributed by atoms with Gasteiger partial charge >= 0.3 is 6.18 Å². The second-order valence-electron chi connectivity index (χ2n) is 5.28. The molecule has 26 heavy (non-hydrogen) atoms. The Labute approximate surface area is 151 Å². The molecule has 0 amide bonds. The number of hydrogen-bond donors (Lipinski definition) is 1. The quantitative estimate of drug-likeness (QED) is 0.468. The standard InChI is InChI=1S/C19H11F3N2OS/c20-19(21,22)15-9-5-4-8-13(15)17(25)14(10-23)16-11-26-18(24-16)12-6-2-1-3-7-12/h1-9,11,25H. The number of hydrogen-bond acceptors (Lipinski definition) is 4. The highest BCUT2D eigenvalue weighted by Crippen LogP contribution is 2.37. The van der Waals surface area contributed by atoms with E-state index in [1.54, 1.807) is 6.07 Å². The lowest BCUT2D eigenvalue weighted by atomic mass is 10.0. The summed E-state index contributed by atoms with van der Waals surface area (Å²) in [6.07, 6.45) is -4.65. The van der Waals surface area contributed by atoms with Crippen molar-refractivity contribution in [3.8, 4) is 16.6 Å². The summed E-state index contributed by atoms with van der Waals surface area (Å²) in [5.74, 6) is -0.745. The molecule has 1 N–H and O–H groups in total. The van der Waals surface area contributed by atoms with Crippen molar-refractivity contribution in [3.63, 3.8) is 0 Å². The smallest absolute Gasteiger partial charge is 0.417 e. The van der Waals surface area contributed by atoms with Crippen LogP contribution in [0.1, 0.15) is 16.8 Å². The molecular formula is C19H11F3N2OS. The SMILES string of the molecule is N#CC(=C(O)c1ccccc1C(F)(F)F)c1csc(-c2ccccc2)n1. The van der Waals surface area contributed by atoms with E-state index >= 15 is 0 Å². The predicted molar refractivity (Wildman–Crippen MR) is 94.0 cm³/mol. The molecule has 0 aliphatic carbocycles. The Morgan fingerprint density at radius 2 is 1.69 bits per heavy atom. The molecule has 0 aliphatic heterocycles. The molecule has 7 heteroatoms. The van der Waals surface area contributed by atoms with Gasteiger partial charge in [0.25, 0.3) is 0 Å². The van der Waals surface area contributed by atoms with Crippen molar-refractivity contribution in [2.45, 2.75) is 6.18 Å². The first-order valence-corrected chi connectivity index (χ1v) is 8.31. The van der Waals surface area contributed by atoms with Gasteiger partial charge in [-0.2, -0.15) is 18.4 Å². The molecule has 1 heterocycles. The van der Waals surface area contributed by atoms with Crippen LogP contribution < -0.4 is 0 Å². The lowest BCUT2D eigenvalue weighted by Gasteiger charge is -2.12. The van der Waals surface area contributed by atoms with Crippen LogP contribution in [0, 0.1) is 11.3 Å². The van der Waals surface area contributed by atoms with E-state index in [2.05, 4.69) is 4.98 Å². The van der Waals surface area contributed by atoms with E-state index in [9.17, 15) is 23.5 Å². The summed E-state index contributed by atoms with van der Waals surface area (Å²) in [7, 11) is 0. The number of allylic oxidation sites excluding steroid dienone is 1. The molecule has 3 aromatic rings. The molecule has 0 atom stereocenters. The third-order valence-corrected chi connectivity index (χ3v) is 4.51. The van der Waals surface area contributed by atoms with E-state index in [0.717, 1.165) is 17.7 Å². The van der Waals surface area contributed by atoms with E-state index in [1.807, 2.05) is 30.3 Å². The van der Waals surface area contributed by atoms with E-state index in [1.165, 1.54) is 28.8 Å². The van der Waals surface area contributed by atoms with Crippen LogP contribution in [-0.4, -0.2) is 10.1 Å². The summed E-state index contributed by atoms with van der Waals surface area (Å²) in [6.45, 7) is 0. The molecular weight excluding hydrogens is 361 g/mol. The molecule has 0 bridgehead atoms. The van der Waals surface area contributed by atoms with Crippen LogP contribution in [0.4, 0.5) is 13.2 Å². The summed E-state index contributed by atoms with van der Waals surface area (Å²) in [5.41, 5.74) is -0.822. The molecule has 0 spiro atoms. The minimum absolute atomic E-state index is 0.130. The number of aliphatic hydroxyl groups is 1. The van der Waals surface area contributed by atoms with Crippen LogP contribution in [0.5, 0.6) is 0 Å². The highest BCUT2D eigenvalue weighted by Gasteiger charge is 2.34. The Morgan fingerprint density at radius 3 is 2.35 bits per heavy atom. The number of halogens is 3. The van der Waals surface area contributed by atoms with Crippen molar-refractivity contribution in [1.29, 1.82) is 5.26 Å². The molecule has 0 unspecified atom stereocenters. The number of aliphatic hydroxyl groups excluding tert-OH is 1. The fraction of sp³-hybridized carbons (Fsp3) is 0.0526. The monoisotopic (exact) mass is 372 g/mol. The fourth-order valence-corrected chi connectivity index (χ4v) is 3.22. The molecule has 2 aromatic carbocycles. The first-order chi connectivity index (χ1) is 12.4. The first kappa shape index (κ1) is 17.7. The lowest BCUT2D eigenvalue weighted by molar-refractivity contribution is -0.137. The van der Waals surface area contributed by atoms with Crippen LogP contribution in [0.25, 0.3) is 21.9 Å². The number of rotatable bonds is 3. The van der Waals surface area contributed by atoms with E-state index in [0.29, 0.717) is 5.01 Å². The maximum atomic E-state index is 13.2. The van der Waals surface area contributed by atoms with Crippen molar-refractivity contribution in [3.05, 3.63) is 76.8 Å². The second kappa shape index (κ2) is 7.02. The summed E-state index contributed by atoms with van der Waals surface area (Å²) in [4.78, 5) is 4.29. The van der Waals surface area contributed by atoms with Crippen LogP contribution in [0.2, 0.25) is 0 Å². The van der Waals surface area contributed by atoms with E-state index in [-0.39, 0.29) is 11.3 Å². The largest absolute Gasteiger partial charge is 0.506 e. The van der Waals surface area contributed by atoms with Crippen molar-refractivity contribution < 1.29 is 18.3 Å². The topological polar surface area (TPSA) is 56.9 Å². The fourth-order valence-electron chi connectivity index (χ4n) is 2.40. The number of benzene rings is 2. The average Bonchev–Trinajstić information content (AvgIpc) is 3.12. The number of alkyl halides is 3. The number of aromatic nitrogens is 1. The minimum atomic E-state index is -4.65. The van der Waals surface area contributed by atoms with Crippen molar-refractivity contribution in [2.75, 3.05) is 0 Å². The van der Waals surface area contributed by atoms with Gasteiger partial charge in [0.05, 0.1) is 11.3 Å². The maximum Gasteiger partial charge on any atom is 0.417 e. The maximum absolute atomic E-state index is 13.2. The number of nitriles is 1. The Bertz CT molecular complexity index is 1000. The van der Waals surface area contributed by atoms with Crippen LogP contribution >= 0.6 is 11.3 Å². The molecule has 0 radical (unpaired) electrons. The van der Waals surface area contributed by atoms with Gasteiger partial charge < -0.3 is 5.11 Å². The van der Waals surface area contributed by atoms with Crippen molar-refractivity contribution in [1.82, 2.24) is 4.98 Å². The Kier molecular flexibility index (Phi) is 4.78. The highest BCUT2D eigenvalue weighted by atomic mass is 32.1. The van der Waals surface area contributed by atoms with Gasteiger partial charge in [-0.15, -0.1) is 11.3 Å². The molecule has 0 fully saturated rings. The van der Waals surface area contributed by atoms with Gasteiger partial charge in [-0.1, -0.05) is 48.5 Å². The zero-order valence-corrected chi connectivity index (χ0v) is 14.0. The summed E-state index contributed by atoms with van der Waals surface area (Å²) in [6, 6.07) is 15.5. The summed E-state index contributed by atoms with van der Waals surface area (Å²) >= 11 is 1.24. The highest BCUT2D eigenvalue weighted by molar-refractivity contribution is 7.13. The minimum Gasteiger partial charge on any atom is -0.506 e.